The van der Waals surface area contributed by atoms with E-state index in [1.54, 1.807) is 67.8 Å². The largest absolute Gasteiger partial charge is 0.497 e. The Kier molecular flexibility index (Phi) is 8.15. The number of alkyl halides is 1. The van der Waals surface area contributed by atoms with Crippen molar-refractivity contribution in [2.24, 2.45) is 0 Å². The SMILES string of the molecule is COc1ccc(CNS(=O)(=O)c2cc(NC(=O)Cc3ccccc3Cl)ccc2CCl)cc1. The molecule has 0 atom stereocenters. The quantitative estimate of drug-likeness (QED) is 0.422. The van der Waals surface area contributed by atoms with Gasteiger partial charge in [-0.1, -0.05) is 48.0 Å². The third-order valence-corrected chi connectivity index (χ3v) is 6.86. The third kappa shape index (κ3) is 6.23. The van der Waals surface area contributed by atoms with Gasteiger partial charge in [-0.25, -0.2) is 13.1 Å². The van der Waals surface area contributed by atoms with Gasteiger partial charge in [-0.3, -0.25) is 4.79 Å². The summed E-state index contributed by atoms with van der Waals surface area (Å²) in [6.07, 6.45) is 0.0642. The molecule has 0 fully saturated rings. The van der Waals surface area contributed by atoms with Gasteiger partial charge in [-0.05, 0) is 47.0 Å². The molecule has 1 amide bonds. The number of carbonyl (C=O) groups excluding carboxylic acids is 1. The molecule has 168 valence electrons. The van der Waals surface area contributed by atoms with Crippen molar-refractivity contribution in [3.05, 3.63) is 88.4 Å². The Morgan fingerprint density at radius 1 is 1.00 bits per heavy atom. The Labute approximate surface area is 197 Å². The molecule has 0 unspecified atom stereocenters. The first-order valence-corrected chi connectivity index (χ1v) is 12.1. The summed E-state index contributed by atoms with van der Waals surface area (Å²) in [5, 5.41) is 3.21. The maximum absolute atomic E-state index is 13.0. The van der Waals surface area contributed by atoms with Gasteiger partial charge < -0.3 is 10.1 Å². The summed E-state index contributed by atoms with van der Waals surface area (Å²) >= 11 is 12.1. The molecule has 0 heterocycles. The normalized spacial score (nSPS) is 11.2. The highest BCUT2D eigenvalue weighted by molar-refractivity contribution is 7.89. The van der Waals surface area contributed by atoms with Crippen LogP contribution in [0.4, 0.5) is 5.69 Å². The van der Waals surface area contributed by atoms with Gasteiger partial charge in [-0.2, -0.15) is 0 Å². The van der Waals surface area contributed by atoms with Crippen molar-refractivity contribution in [3.63, 3.8) is 0 Å². The number of nitrogens with one attached hydrogen (secondary N) is 2. The van der Waals surface area contributed by atoms with E-state index in [2.05, 4.69) is 10.0 Å². The summed E-state index contributed by atoms with van der Waals surface area (Å²) in [4.78, 5) is 12.5. The minimum absolute atomic E-state index is 0.00658. The van der Waals surface area contributed by atoms with Gasteiger partial charge in [0.05, 0.1) is 18.4 Å². The fourth-order valence-electron chi connectivity index (χ4n) is 3.01. The van der Waals surface area contributed by atoms with Crippen LogP contribution in [0.1, 0.15) is 16.7 Å². The van der Waals surface area contributed by atoms with E-state index in [4.69, 9.17) is 27.9 Å². The number of ether oxygens (including phenoxy) is 1. The fourth-order valence-corrected chi connectivity index (χ4v) is 4.81. The highest BCUT2D eigenvalue weighted by atomic mass is 35.5. The number of hydrogen-bond acceptors (Lipinski definition) is 4. The number of amides is 1. The van der Waals surface area contributed by atoms with Crippen LogP contribution in [0.3, 0.4) is 0 Å². The summed E-state index contributed by atoms with van der Waals surface area (Å²) in [6.45, 7) is 0.0944. The van der Waals surface area contributed by atoms with Crippen LogP contribution in [0, 0.1) is 0 Å². The van der Waals surface area contributed by atoms with Crippen LogP contribution >= 0.6 is 23.2 Å². The van der Waals surface area contributed by atoms with Crippen molar-refractivity contribution in [2.45, 2.75) is 23.7 Å². The monoisotopic (exact) mass is 492 g/mol. The van der Waals surface area contributed by atoms with Gasteiger partial charge in [0.15, 0.2) is 0 Å². The first kappa shape index (κ1) is 24.1. The predicted octanol–water partition coefficient (Wildman–Crippen LogP) is 4.75. The molecule has 0 saturated carbocycles. The highest BCUT2D eigenvalue weighted by Crippen LogP contribution is 2.24. The highest BCUT2D eigenvalue weighted by Gasteiger charge is 2.19. The van der Waals surface area contributed by atoms with Crippen LogP contribution in [-0.2, 0) is 33.7 Å². The van der Waals surface area contributed by atoms with E-state index in [1.807, 2.05) is 0 Å². The molecule has 32 heavy (non-hydrogen) atoms. The second-order valence-corrected chi connectivity index (χ2v) is 9.35. The van der Waals surface area contributed by atoms with E-state index in [0.717, 1.165) is 5.56 Å². The fraction of sp³-hybridized carbons (Fsp3) is 0.174. The Bertz CT molecular complexity index is 1200. The van der Waals surface area contributed by atoms with Crippen LogP contribution in [0.2, 0.25) is 5.02 Å². The molecule has 2 N–H and O–H groups in total. The maximum atomic E-state index is 13.0. The second-order valence-electron chi connectivity index (χ2n) is 6.95. The van der Waals surface area contributed by atoms with E-state index >= 15 is 0 Å². The molecule has 3 rings (SSSR count). The standard InChI is InChI=1S/C23H22Cl2N2O4S/c1-31-20-10-6-16(7-11-20)15-26-32(29,30)22-13-19(9-8-18(22)14-24)27-23(28)12-17-4-2-3-5-21(17)25/h2-11,13,26H,12,14-15H2,1H3,(H,27,28). The molecular weight excluding hydrogens is 471 g/mol. The Balaban J connectivity index is 1.75. The van der Waals surface area contributed by atoms with E-state index in [-0.39, 0.29) is 29.6 Å². The molecule has 0 aliphatic heterocycles. The maximum Gasteiger partial charge on any atom is 0.241 e. The number of anilines is 1. The van der Waals surface area contributed by atoms with Crippen LogP contribution < -0.4 is 14.8 Å². The second kappa shape index (κ2) is 10.8. The lowest BCUT2D eigenvalue weighted by molar-refractivity contribution is -0.115. The minimum Gasteiger partial charge on any atom is -0.497 e. The van der Waals surface area contributed by atoms with Crippen molar-refractivity contribution in [1.29, 1.82) is 0 Å². The molecule has 9 heteroatoms. The zero-order valence-electron chi connectivity index (χ0n) is 17.3. The molecule has 0 aliphatic carbocycles. The molecule has 3 aromatic rings. The summed E-state index contributed by atoms with van der Waals surface area (Å²) in [5.41, 5.74) is 2.22. The molecule has 0 radical (unpaired) electrons. The smallest absolute Gasteiger partial charge is 0.241 e. The predicted molar refractivity (Wildman–Crippen MR) is 127 cm³/mol. The van der Waals surface area contributed by atoms with E-state index in [1.165, 1.54) is 6.07 Å². The van der Waals surface area contributed by atoms with Crippen LogP contribution in [0.5, 0.6) is 5.75 Å². The lowest BCUT2D eigenvalue weighted by Gasteiger charge is -2.13. The zero-order valence-corrected chi connectivity index (χ0v) is 19.6. The van der Waals surface area contributed by atoms with E-state index < -0.39 is 10.0 Å². The average Bonchev–Trinajstić information content (AvgIpc) is 2.79. The number of hydrogen-bond donors (Lipinski definition) is 2. The number of sulfonamides is 1. The summed E-state index contributed by atoms with van der Waals surface area (Å²) < 4.78 is 33.6. The lowest BCUT2D eigenvalue weighted by atomic mass is 10.1. The van der Waals surface area contributed by atoms with Crippen LogP contribution in [0.15, 0.2) is 71.6 Å². The van der Waals surface area contributed by atoms with Gasteiger partial charge in [0.2, 0.25) is 15.9 Å². The number of benzene rings is 3. The Morgan fingerprint density at radius 3 is 2.38 bits per heavy atom. The molecule has 0 saturated heterocycles. The summed E-state index contributed by atoms with van der Waals surface area (Å²) in [6, 6.07) is 18.7. The Hall–Kier alpha value is -2.58. The summed E-state index contributed by atoms with van der Waals surface area (Å²) in [7, 11) is -2.32. The van der Waals surface area contributed by atoms with Crippen molar-refractivity contribution in [1.82, 2.24) is 4.72 Å². The minimum atomic E-state index is -3.88. The van der Waals surface area contributed by atoms with Crippen molar-refractivity contribution >= 4 is 44.8 Å². The van der Waals surface area contributed by atoms with Crippen LogP contribution in [0.25, 0.3) is 0 Å². The Morgan fingerprint density at radius 2 is 1.72 bits per heavy atom. The molecule has 0 aromatic heterocycles. The first-order chi connectivity index (χ1) is 15.3. The van der Waals surface area contributed by atoms with Crippen molar-refractivity contribution < 1.29 is 17.9 Å². The molecule has 6 nitrogen and oxygen atoms in total. The molecule has 0 aliphatic rings. The number of halogens is 2. The number of carbonyl (C=O) groups is 1. The third-order valence-electron chi connectivity index (χ3n) is 4.72. The van der Waals surface area contributed by atoms with Crippen molar-refractivity contribution in [2.75, 3.05) is 12.4 Å². The van der Waals surface area contributed by atoms with Gasteiger partial charge in [0.1, 0.15) is 5.75 Å². The lowest BCUT2D eigenvalue weighted by Crippen LogP contribution is -2.24. The zero-order chi connectivity index (χ0) is 23.1. The van der Waals surface area contributed by atoms with E-state index in [9.17, 15) is 13.2 Å². The number of methoxy groups -OCH3 is 1. The van der Waals surface area contributed by atoms with Gasteiger partial charge in [0.25, 0.3) is 0 Å². The molecule has 0 spiro atoms. The first-order valence-electron chi connectivity index (χ1n) is 9.67. The molecular formula is C23H22Cl2N2O4S. The van der Waals surface area contributed by atoms with Gasteiger partial charge in [-0.15, -0.1) is 11.6 Å². The summed E-state index contributed by atoms with van der Waals surface area (Å²) in [5.74, 6) is 0.375. The van der Waals surface area contributed by atoms with Crippen LogP contribution in [-0.4, -0.2) is 21.4 Å². The molecule has 3 aromatic carbocycles. The van der Waals surface area contributed by atoms with Gasteiger partial charge in [0, 0.05) is 23.1 Å². The van der Waals surface area contributed by atoms with Gasteiger partial charge >= 0.3 is 0 Å². The van der Waals surface area contributed by atoms with Crippen molar-refractivity contribution in [3.8, 4) is 5.75 Å². The topological polar surface area (TPSA) is 84.5 Å². The van der Waals surface area contributed by atoms with E-state index in [0.29, 0.717) is 27.6 Å². The molecule has 0 bridgehead atoms. The number of rotatable bonds is 9. The average molecular weight is 493 g/mol.